The number of hydrogen-bond donors (Lipinski definition) is 3. The van der Waals surface area contributed by atoms with Gasteiger partial charge in [-0.1, -0.05) is 37.3 Å². The molecule has 0 saturated heterocycles. The Labute approximate surface area is 111 Å². The molecule has 1 aromatic heterocycles. The van der Waals surface area contributed by atoms with Crippen molar-refractivity contribution in [1.82, 2.24) is 25.8 Å². The molecule has 0 aliphatic carbocycles. The summed E-state index contributed by atoms with van der Waals surface area (Å²) in [6.07, 6.45) is 0.911. The maximum Gasteiger partial charge on any atom is 0.315 e. The minimum atomic E-state index is -0.195. The van der Waals surface area contributed by atoms with Crippen molar-refractivity contribution in [3.05, 3.63) is 36.2 Å². The van der Waals surface area contributed by atoms with Gasteiger partial charge in [-0.05, 0) is 6.42 Å². The summed E-state index contributed by atoms with van der Waals surface area (Å²) < 4.78 is 0. The van der Waals surface area contributed by atoms with Crippen LogP contribution in [0.5, 0.6) is 0 Å². The SMILES string of the molecule is CCCNC(=O)NCc1nc(-c2ccccc2)n[nH]1. The highest BCUT2D eigenvalue weighted by Crippen LogP contribution is 2.12. The van der Waals surface area contributed by atoms with Gasteiger partial charge in [0.25, 0.3) is 0 Å². The first-order valence-electron chi connectivity index (χ1n) is 6.28. The van der Waals surface area contributed by atoms with E-state index in [1.165, 1.54) is 0 Å². The van der Waals surface area contributed by atoms with Gasteiger partial charge in [0.05, 0.1) is 6.54 Å². The molecule has 0 aliphatic heterocycles. The molecule has 6 heteroatoms. The lowest BCUT2D eigenvalue weighted by molar-refractivity contribution is 0.240. The first-order chi connectivity index (χ1) is 9.29. The Balaban J connectivity index is 1.90. The van der Waals surface area contributed by atoms with Crippen molar-refractivity contribution >= 4 is 6.03 Å². The number of aromatic amines is 1. The lowest BCUT2D eigenvalue weighted by Gasteiger charge is -2.03. The summed E-state index contributed by atoms with van der Waals surface area (Å²) in [4.78, 5) is 15.7. The fraction of sp³-hybridized carbons (Fsp3) is 0.308. The number of nitrogens with zero attached hydrogens (tertiary/aromatic N) is 2. The van der Waals surface area contributed by atoms with Gasteiger partial charge in [0.2, 0.25) is 0 Å². The predicted molar refractivity (Wildman–Crippen MR) is 72.3 cm³/mol. The molecule has 0 radical (unpaired) electrons. The van der Waals surface area contributed by atoms with E-state index in [9.17, 15) is 4.79 Å². The first-order valence-corrected chi connectivity index (χ1v) is 6.28. The Morgan fingerprint density at radius 1 is 1.26 bits per heavy atom. The van der Waals surface area contributed by atoms with E-state index >= 15 is 0 Å². The van der Waals surface area contributed by atoms with E-state index in [0.717, 1.165) is 12.0 Å². The zero-order valence-corrected chi connectivity index (χ0v) is 10.8. The molecule has 0 saturated carbocycles. The number of nitrogens with one attached hydrogen (secondary N) is 3. The van der Waals surface area contributed by atoms with Crippen LogP contribution in [0.1, 0.15) is 19.2 Å². The molecular formula is C13H17N5O. The van der Waals surface area contributed by atoms with E-state index in [1.807, 2.05) is 37.3 Å². The monoisotopic (exact) mass is 259 g/mol. The summed E-state index contributed by atoms with van der Waals surface area (Å²) >= 11 is 0. The lowest BCUT2D eigenvalue weighted by atomic mass is 10.2. The van der Waals surface area contributed by atoms with Gasteiger partial charge in [0.15, 0.2) is 5.82 Å². The van der Waals surface area contributed by atoms with Crippen molar-refractivity contribution in [3.63, 3.8) is 0 Å². The fourth-order valence-electron chi connectivity index (χ4n) is 1.56. The molecule has 6 nitrogen and oxygen atoms in total. The molecule has 0 spiro atoms. The van der Waals surface area contributed by atoms with Gasteiger partial charge in [0.1, 0.15) is 5.82 Å². The Hall–Kier alpha value is -2.37. The highest BCUT2D eigenvalue weighted by atomic mass is 16.2. The number of amides is 2. The van der Waals surface area contributed by atoms with Gasteiger partial charge >= 0.3 is 6.03 Å². The maximum atomic E-state index is 11.4. The zero-order chi connectivity index (χ0) is 13.5. The molecule has 100 valence electrons. The number of rotatable bonds is 5. The Morgan fingerprint density at radius 2 is 2.05 bits per heavy atom. The summed E-state index contributed by atoms with van der Waals surface area (Å²) in [5, 5.41) is 12.4. The second-order valence-electron chi connectivity index (χ2n) is 4.08. The predicted octanol–water partition coefficient (Wildman–Crippen LogP) is 1.68. The fourth-order valence-corrected chi connectivity index (χ4v) is 1.56. The van der Waals surface area contributed by atoms with Crippen molar-refractivity contribution in [2.75, 3.05) is 6.54 Å². The number of carbonyl (C=O) groups excluding carboxylic acids is 1. The molecule has 0 atom stereocenters. The third-order valence-corrected chi connectivity index (χ3v) is 2.52. The molecule has 0 fully saturated rings. The second-order valence-corrected chi connectivity index (χ2v) is 4.08. The lowest BCUT2D eigenvalue weighted by Crippen LogP contribution is -2.35. The minimum Gasteiger partial charge on any atom is -0.338 e. The molecule has 1 aromatic carbocycles. The molecule has 0 bridgehead atoms. The van der Waals surface area contributed by atoms with Crippen LogP contribution in [-0.4, -0.2) is 27.8 Å². The van der Waals surface area contributed by atoms with Gasteiger partial charge in [0, 0.05) is 12.1 Å². The van der Waals surface area contributed by atoms with E-state index in [-0.39, 0.29) is 6.03 Å². The van der Waals surface area contributed by atoms with Gasteiger partial charge in [-0.25, -0.2) is 9.78 Å². The van der Waals surface area contributed by atoms with Crippen molar-refractivity contribution in [1.29, 1.82) is 0 Å². The molecule has 3 N–H and O–H groups in total. The normalized spacial score (nSPS) is 10.2. The third kappa shape index (κ3) is 3.80. The molecule has 2 rings (SSSR count). The quantitative estimate of drug-likeness (QED) is 0.764. The summed E-state index contributed by atoms with van der Waals surface area (Å²) in [5.41, 5.74) is 0.945. The average molecular weight is 259 g/mol. The number of aromatic nitrogens is 3. The number of hydrogen-bond acceptors (Lipinski definition) is 3. The molecule has 1 heterocycles. The first kappa shape index (κ1) is 13.1. The molecular weight excluding hydrogens is 242 g/mol. The van der Waals surface area contributed by atoms with Crippen LogP contribution in [0.3, 0.4) is 0 Å². The maximum absolute atomic E-state index is 11.4. The molecule has 0 aliphatic rings. The topological polar surface area (TPSA) is 82.7 Å². The van der Waals surface area contributed by atoms with Crippen LogP contribution >= 0.6 is 0 Å². The number of carbonyl (C=O) groups is 1. The van der Waals surface area contributed by atoms with Gasteiger partial charge in [-0.3, -0.25) is 5.10 Å². The Morgan fingerprint density at radius 3 is 2.79 bits per heavy atom. The number of urea groups is 1. The van der Waals surface area contributed by atoms with Crippen LogP contribution in [-0.2, 0) is 6.54 Å². The van der Waals surface area contributed by atoms with Crippen molar-refractivity contribution in [2.45, 2.75) is 19.9 Å². The van der Waals surface area contributed by atoms with Crippen molar-refractivity contribution < 1.29 is 4.79 Å². The van der Waals surface area contributed by atoms with E-state index in [2.05, 4.69) is 25.8 Å². The summed E-state index contributed by atoms with van der Waals surface area (Å²) in [6.45, 7) is 3.00. The molecule has 2 amide bonds. The highest BCUT2D eigenvalue weighted by molar-refractivity contribution is 5.73. The highest BCUT2D eigenvalue weighted by Gasteiger charge is 2.06. The Kier molecular flexibility index (Phi) is 4.49. The molecule has 19 heavy (non-hydrogen) atoms. The van der Waals surface area contributed by atoms with Crippen LogP contribution in [0.15, 0.2) is 30.3 Å². The summed E-state index contributed by atoms with van der Waals surface area (Å²) in [6, 6.07) is 9.49. The third-order valence-electron chi connectivity index (χ3n) is 2.52. The van der Waals surface area contributed by atoms with Gasteiger partial charge in [-0.15, -0.1) is 0 Å². The summed E-state index contributed by atoms with van der Waals surface area (Å²) in [7, 11) is 0. The zero-order valence-electron chi connectivity index (χ0n) is 10.8. The van der Waals surface area contributed by atoms with Crippen LogP contribution in [0.25, 0.3) is 11.4 Å². The second kappa shape index (κ2) is 6.53. The van der Waals surface area contributed by atoms with Crippen LogP contribution < -0.4 is 10.6 Å². The van der Waals surface area contributed by atoms with E-state index in [1.54, 1.807) is 0 Å². The van der Waals surface area contributed by atoms with Crippen LogP contribution in [0.2, 0.25) is 0 Å². The van der Waals surface area contributed by atoms with Crippen molar-refractivity contribution in [2.24, 2.45) is 0 Å². The standard InChI is InChI=1S/C13H17N5O/c1-2-8-14-13(19)15-9-11-16-12(18-17-11)10-6-4-3-5-7-10/h3-7H,2,8-9H2,1H3,(H2,14,15,19)(H,16,17,18). The minimum absolute atomic E-state index is 0.195. The van der Waals surface area contributed by atoms with Gasteiger partial charge < -0.3 is 10.6 Å². The van der Waals surface area contributed by atoms with Gasteiger partial charge in [-0.2, -0.15) is 5.10 Å². The molecule has 0 unspecified atom stereocenters. The van der Waals surface area contributed by atoms with Crippen LogP contribution in [0.4, 0.5) is 4.79 Å². The van der Waals surface area contributed by atoms with E-state index in [0.29, 0.717) is 24.7 Å². The number of H-pyrrole nitrogens is 1. The number of benzene rings is 1. The van der Waals surface area contributed by atoms with Crippen molar-refractivity contribution in [3.8, 4) is 11.4 Å². The van der Waals surface area contributed by atoms with E-state index in [4.69, 9.17) is 0 Å². The van der Waals surface area contributed by atoms with Crippen LogP contribution in [0, 0.1) is 0 Å². The van der Waals surface area contributed by atoms with E-state index < -0.39 is 0 Å². The molecule has 2 aromatic rings. The largest absolute Gasteiger partial charge is 0.338 e. The average Bonchev–Trinajstić information content (AvgIpc) is 2.93. The smallest absolute Gasteiger partial charge is 0.315 e. The Bertz CT molecular complexity index is 523. The summed E-state index contributed by atoms with van der Waals surface area (Å²) in [5.74, 6) is 1.26.